The summed E-state index contributed by atoms with van der Waals surface area (Å²) in [6.07, 6.45) is -4.44. The maximum atomic E-state index is 13.3. The number of hydrogen-bond donors (Lipinski definition) is 2. The molecule has 1 atom stereocenters. The maximum Gasteiger partial charge on any atom is 0.405 e. The number of amides is 1. The van der Waals surface area contributed by atoms with Crippen LogP contribution in [0, 0.1) is 12.7 Å². The molecule has 1 saturated heterocycles. The molecule has 0 spiro atoms. The second kappa shape index (κ2) is 7.27. The fourth-order valence-corrected chi connectivity index (χ4v) is 2.60. The number of alkyl halides is 3. The molecule has 8 heteroatoms. The molecule has 1 amide bonds. The Hall–Kier alpha value is -1.67. The van der Waals surface area contributed by atoms with E-state index >= 15 is 0 Å². The highest BCUT2D eigenvalue weighted by molar-refractivity contribution is 5.94. The van der Waals surface area contributed by atoms with Gasteiger partial charge < -0.3 is 10.6 Å². The van der Waals surface area contributed by atoms with Gasteiger partial charge in [-0.25, -0.2) is 4.39 Å². The quantitative estimate of drug-likeness (QED) is 0.825. The van der Waals surface area contributed by atoms with Gasteiger partial charge in [-0.3, -0.25) is 9.69 Å². The van der Waals surface area contributed by atoms with Crippen LogP contribution in [0.3, 0.4) is 0 Å². The van der Waals surface area contributed by atoms with E-state index < -0.39 is 30.5 Å². The third kappa shape index (κ3) is 4.90. The van der Waals surface area contributed by atoms with Gasteiger partial charge >= 0.3 is 6.18 Å². The van der Waals surface area contributed by atoms with Gasteiger partial charge in [-0.2, -0.15) is 13.2 Å². The molecule has 1 aromatic carbocycles. The second-order valence-corrected chi connectivity index (χ2v) is 5.57. The summed E-state index contributed by atoms with van der Waals surface area (Å²) in [5.74, 6) is -1.30. The number of carbonyl (C=O) groups is 1. The maximum absolute atomic E-state index is 13.3. The van der Waals surface area contributed by atoms with Gasteiger partial charge in [0, 0.05) is 38.3 Å². The SMILES string of the molecule is Cc1cc(F)cc(C(=O)NCC(N2CCNCC2)C(F)(F)F)c1. The molecule has 0 saturated carbocycles. The second-order valence-electron chi connectivity index (χ2n) is 5.57. The van der Waals surface area contributed by atoms with Crippen molar-refractivity contribution in [1.29, 1.82) is 0 Å². The van der Waals surface area contributed by atoms with Crippen molar-refractivity contribution in [2.24, 2.45) is 0 Å². The van der Waals surface area contributed by atoms with E-state index in [1.54, 1.807) is 6.92 Å². The minimum absolute atomic E-state index is 0.0173. The Labute approximate surface area is 131 Å². The van der Waals surface area contributed by atoms with Crippen molar-refractivity contribution in [3.8, 4) is 0 Å². The van der Waals surface area contributed by atoms with Crippen molar-refractivity contribution in [3.63, 3.8) is 0 Å². The molecular weight excluding hydrogens is 314 g/mol. The zero-order valence-electron chi connectivity index (χ0n) is 12.7. The lowest BCUT2D eigenvalue weighted by Gasteiger charge is -2.35. The number of nitrogens with one attached hydrogen (secondary N) is 2. The van der Waals surface area contributed by atoms with Gasteiger partial charge in [0.15, 0.2) is 0 Å². The van der Waals surface area contributed by atoms with Gasteiger partial charge in [-0.05, 0) is 30.7 Å². The Balaban J connectivity index is 2.04. The average Bonchev–Trinajstić information content (AvgIpc) is 2.46. The standard InChI is InChI=1S/C15H19F4N3O/c1-10-6-11(8-12(16)7-10)14(23)21-9-13(15(17,18)19)22-4-2-20-3-5-22/h6-8,13,20H,2-5,9H2,1H3,(H,21,23). The molecule has 1 heterocycles. The first-order chi connectivity index (χ1) is 10.8. The van der Waals surface area contributed by atoms with Crippen LogP contribution in [0.15, 0.2) is 18.2 Å². The van der Waals surface area contributed by atoms with Crippen LogP contribution in [0.25, 0.3) is 0 Å². The minimum Gasteiger partial charge on any atom is -0.350 e. The lowest BCUT2D eigenvalue weighted by atomic mass is 10.1. The first-order valence-electron chi connectivity index (χ1n) is 7.34. The fourth-order valence-electron chi connectivity index (χ4n) is 2.60. The monoisotopic (exact) mass is 333 g/mol. The Morgan fingerprint density at radius 1 is 1.30 bits per heavy atom. The van der Waals surface area contributed by atoms with Crippen molar-refractivity contribution in [2.75, 3.05) is 32.7 Å². The zero-order valence-corrected chi connectivity index (χ0v) is 12.7. The third-order valence-electron chi connectivity index (χ3n) is 3.73. The van der Waals surface area contributed by atoms with Gasteiger partial charge in [0.1, 0.15) is 11.9 Å². The molecule has 0 aliphatic carbocycles. The van der Waals surface area contributed by atoms with E-state index in [0.29, 0.717) is 18.7 Å². The molecule has 2 N–H and O–H groups in total. The largest absolute Gasteiger partial charge is 0.405 e. The van der Waals surface area contributed by atoms with Crippen LogP contribution < -0.4 is 10.6 Å². The van der Waals surface area contributed by atoms with Crippen LogP contribution in [0.5, 0.6) is 0 Å². The first-order valence-corrected chi connectivity index (χ1v) is 7.34. The highest BCUT2D eigenvalue weighted by atomic mass is 19.4. The van der Waals surface area contributed by atoms with Crippen LogP contribution in [-0.4, -0.2) is 55.7 Å². The summed E-state index contributed by atoms with van der Waals surface area (Å²) >= 11 is 0. The van der Waals surface area contributed by atoms with Gasteiger partial charge in [-0.1, -0.05) is 0 Å². The molecule has 1 fully saturated rings. The number of nitrogens with zero attached hydrogens (tertiary/aromatic N) is 1. The van der Waals surface area contributed by atoms with Crippen molar-refractivity contribution >= 4 is 5.91 Å². The molecule has 2 rings (SSSR count). The summed E-state index contributed by atoms with van der Waals surface area (Å²) in [5, 5.41) is 5.26. The van der Waals surface area contributed by atoms with E-state index in [1.807, 2.05) is 0 Å². The molecule has 1 aliphatic heterocycles. The molecule has 0 aromatic heterocycles. The highest BCUT2D eigenvalue weighted by Crippen LogP contribution is 2.24. The zero-order chi connectivity index (χ0) is 17.0. The lowest BCUT2D eigenvalue weighted by molar-refractivity contribution is -0.183. The topological polar surface area (TPSA) is 44.4 Å². The molecule has 1 unspecified atom stereocenters. The molecule has 23 heavy (non-hydrogen) atoms. The van der Waals surface area contributed by atoms with Crippen molar-refractivity contribution in [3.05, 3.63) is 35.1 Å². The number of rotatable bonds is 4. The van der Waals surface area contributed by atoms with E-state index in [4.69, 9.17) is 0 Å². The molecule has 4 nitrogen and oxygen atoms in total. The normalized spacial score (nSPS) is 17.8. The molecule has 0 bridgehead atoms. The van der Waals surface area contributed by atoms with Crippen LogP contribution >= 0.6 is 0 Å². The molecule has 128 valence electrons. The Kier molecular flexibility index (Phi) is 5.59. The Morgan fingerprint density at radius 2 is 1.96 bits per heavy atom. The number of benzene rings is 1. The molecule has 1 aliphatic rings. The van der Waals surface area contributed by atoms with Gasteiger partial charge in [0.25, 0.3) is 5.91 Å². The highest BCUT2D eigenvalue weighted by Gasteiger charge is 2.43. The van der Waals surface area contributed by atoms with E-state index in [2.05, 4.69) is 10.6 Å². The van der Waals surface area contributed by atoms with Crippen LogP contribution in [0.4, 0.5) is 17.6 Å². The summed E-state index contributed by atoms with van der Waals surface area (Å²) in [6, 6.07) is 1.95. The number of piperazine rings is 1. The molecular formula is C15H19F4N3O. The van der Waals surface area contributed by atoms with E-state index in [1.165, 1.54) is 17.0 Å². The number of carbonyl (C=O) groups excluding carboxylic acids is 1. The Morgan fingerprint density at radius 3 is 2.52 bits per heavy atom. The minimum atomic E-state index is -4.44. The van der Waals surface area contributed by atoms with Crippen LogP contribution in [0.2, 0.25) is 0 Å². The van der Waals surface area contributed by atoms with Crippen LogP contribution in [0.1, 0.15) is 15.9 Å². The number of halogens is 4. The number of hydrogen-bond acceptors (Lipinski definition) is 3. The van der Waals surface area contributed by atoms with Gasteiger partial charge in [0.2, 0.25) is 0 Å². The van der Waals surface area contributed by atoms with Crippen LogP contribution in [-0.2, 0) is 0 Å². The smallest absolute Gasteiger partial charge is 0.350 e. The third-order valence-corrected chi connectivity index (χ3v) is 3.73. The summed E-state index contributed by atoms with van der Waals surface area (Å²) in [5.41, 5.74) is 0.549. The summed E-state index contributed by atoms with van der Waals surface area (Å²) in [7, 11) is 0. The van der Waals surface area contributed by atoms with Crippen molar-refractivity contribution in [2.45, 2.75) is 19.1 Å². The van der Waals surface area contributed by atoms with Crippen molar-refractivity contribution in [1.82, 2.24) is 15.5 Å². The summed E-state index contributed by atoms with van der Waals surface area (Å²) < 4.78 is 52.9. The van der Waals surface area contributed by atoms with Gasteiger partial charge in [-0.15, -0.1) is 0 Å². The molecule has 1 aromatic rings. The molecule has 0 radical (unpaired) electrons. The first kappa shape index (κ1) is 17.7. The average molecular weight is 333 g/mol. The predicted octanol–water partition coefficient (Wildman–Crippen LogP) is 1.70. The number of aryl methyl sites for hydroxylation is 1. The summed E-state index contributed by atoms with van der Waals surface area (Å²) in [4.78, 5) is 13.3. The van der Waals surface area contributed by atoms with Gasteiger partial charge in [0.05, 0.1) is 0 Å². The Bertz CT molecular complexity index is 536. The summed E-state index contributed by atoms with van der Waals surface area (Å²) in [6.45, 7) is 2.53. The lowest BCUT2D eigenvalue weighted by Crippen LogP contribution is -2.57. The van der Waals surface area contributed by atoms with Crippen molar-refractivity contribution < 1.29 is 22.4 Å². The predicted molar refractivity (Wildman–Crippen MR) is 77.8 cm³/mol. The van der Waals surface area contributed by atoms with E-state index in [-0.39, 0.29) is 18.7 Å². The van der Waals surface area contributed by atoms with E-state index in [0.717, 1.165) is 6.07 Å². The fraction of sp³-hybridized carbons (Fsp3) is 0.533. The van der Waals surface area contributed by atoms with E-state index in [9.17, 15) is 22.4 Å².